The predicted molar refractivity (Wildman–Crippen MR) is 78.4 cm³/mol. The molecule has 0 atom stereocenters. The number of alkyl halides is 3. The Morgan fingerprint density at radius 3 is 2.61 bits per heavy atom. The number of carbonyl (C=O) groups is 1. The summed E-state index contributed by atoms with van der Waals surface area (Å²) in [6.07, 6.45) is -5.73. The highest BCUT2D eigenvalue weighted by atomic mass is 19.4. The molecular weight excluding hydrogens is 313 g/mol. The molecule has 1 aromatic carbocycles. The Morgan fingerprint density at radius 1 is 1.39 bits per heavy atom. The van der Waals surface area contributed by atoms with E-state index in [0.717, 1.165) is 0 Å². The van der Waals surface area contributed by atoms with Crippen molar-refractivity contribution >= 4 is 11.7 Å². The Morgan fingerprint density at radius 2 is 2.04 bits per heavy atom. The first-order chi connectivity index (χ1) is 10.7. The van der Waals surface area contributed by atoms with Crippen LogP contribution in [0.4, 0.5) is 23.7 Å². The molecule has 0 aliphatic carbocycles. The smallest absolute Gasteiger partial charge is 0.417 e. The maximum absolute atomic E-state index is 12.7. The van der Waals surface area contributed by atoms with E-state index in [9.17, 15) is 23.1 Å². The molecule has 1 aliphatic rings. The number of halogens is 3. The fraction of sp³-hybridized carbons (Fsp3) is 0.533. The Labute approximate surface area is 132 Å². The molecule has 2 N–H and O–H groups in total. The number of amides is 2. The lowest BCUT2D eigenvalue weighted by molar-refractivity contribution is -0.271. The molecule has 8 heteroatoms. The van der Waals surface area contributed by atoms with Gasteiger partial charge in [0.05, 0.1) is 6.61 Å². The van der Waals surface area contributed by atoms with E-state index in [-0.39, 0.29) is 13.1 Å². The topological polar surface area (TPSA) is 61.8 Å². The molecule has 5 nitrogen and oxygen atoms in total. The number of carbonyl (C=O) groups excluding carboxylic acids is 1. The summed E-state index contributed by atoms with van der Waals surface area (Å²) in [5, 5.41) is 12.2. The first kappa shape index (κ1) is 17.4. The number of hydrogen-bond donors (Lipinski definition) is 2. The molecule has 1 fully saturated rings. The van der Waals surface area contributed by atoms with Gasteiger partial charge in [-0.15, -0.1) is 0 Å². The van der Waals surface area contributed by atoms with E-state index in [4.69, 9.17) is 4.74 Å². The van der Waals surface area contributed by atoms with Crippen LogP contribution < -0.4 is 10.1 Å². The zero-order valence-corrected chi connectivity index (χ0v) is 12.7. The number of anilines is 1. The van der Waals surface area contributed by atoms with Gasteiger partial charge in [-0.25, -0.2) is 4.79 Å². The lowest BCUT2D eigenvalue weighted by Crippen LogP contribution is -2.55. The van der Waals surface area contributed by atoms with E-state index < -0.39 is 30.7 Å². The molecule has 0 bridgehead atoms. The molecule has 0 saturated carbocycles. The summed E-state index contributed by atoms with van der Waals surface area (Å²) in [6, 6.07) is 6.25. The van der Waals surface area contributed by atoms with Crippen LogP contribution in [0.2, 0.25) is 0 Å². The summed E-state index contributed by atoms with van der Waals surface area (Å²) in [5.41, 5.74) is -2.21. The van der Waals surface area contributed by atoms with Crippen molar-refractivity contribution in [2.45, 2.75) is 31.5 Å². The molecule has 2 amide bonds. The Kier molecular flexibility index (Phi) is 5.03. The van der Waals surface area contributed by atoms with Crippen molar-refractivity contribution in [3.8, 4) is 5.75 Å². The Balaban J connectivity index is 1.94. The van der Waals surface area contributed by atoms with Crippen LogP contribution in [0.15, 0.2) is 24.3 Å². The minimum Gasteiger partial charge on any atom is -0.494 e. The van der Waals surface area contributed by atoms with E-state index >= 15 is 0 Å². The molecule has 1 aliphatic heterocycles. The Hall–Kier alpha value is -1.96. The number of piperidine rings is 1. The molecule has 1 heterocycles. The van der Waals surface area contributed by atoms with Gasteiger partial charge in [0.2, 0.25) is 0 Å². The van der Waals surface area contributed by atoms with Gasteiger partial charge in [0.15, 0.2) is 5.60 Å². The van der Waals surface area contributed by atoms with E-state index in [1.165, 1.54) is 4.90 Å². The fourth-order valence-electron chi connectivity index (χ4n) is 2.40. The number of nitrogens with zero attached hydrogens (tertiary/aromatic N) is 1. The standard InChI is InChI=1S/C15H19F3N2O3/c1-2-23-12-5-3-4-11(10-12)19-13(21)20-8-6-14(22,7-9-20)15(16,17)18/h3-5,10,22H,2,6-9H2,1H3,(H,19,21). The molecule has 1 saturated heterocycles. The quantitative estimate of drug-likeness (QED) is 0.894. The lowest BCUT2D eigenvalue weighted by Gasteiger charge is -2.38. The van der Waals surface area contributed by atoms with E-state index in [1.807, 2.05) is 6.92 Å². The fourth-order valence-corrected chi connectivity index (χ4v) is 2.40. The van der Waals surface area contributed by atoms with Gasteiger partial charge in [-0.2, -0.15) is 13.2 Å². The van der Waals surface area contributed by atoms with Crippen molar-refractivity contribution in [3.63, 3.8) is 0 Å². The summed E-state index contributed by atoms with van der Waals surface area (Å²) in [5.74, 6) is 0.593. The van der Waals surface area contributed by atoms with Crippen LogP contribution in [0.5, 0.6) is 5.75 Å². The van der Waals surface area contributed by atoms with Crippen molar-refractivity contribution in [3.05, 3.63) is 24.3 Å². The van der Waals surface area contributed by atoms with Crippen LogP contribution in [-0.2, 0) is 0 Å². The van der Waals surface area contributed by atoms with Crippen LogP contribution in [0.25, 0.3) is 0 Å². The number of rotatable bonds is 3. The second-order valence-corrected chi connectivity index (χ2v) is 5.41. The van der Waals surface area contributed by atoms with Crippen LogP contribution in [-0.4, -0.2) is 47.5 Å². The average Bonchev–Trinajstić information content (AvgIpc) is 2.47. The number of nitrogens with one attached hydrogen (secondary N) is 1. The maximum Gasteiger partial charge on any atom is 0.417 e. The number of likely N-dealkylation sites (tertiary alicyclic amines) is 1. The highest BCUT2D eigenvalue weighted by Crippen LogP contribution is 2.38. The highest BCUT2D eigenvalue weighted by molar-refractivity contribution is 5.89. The van der Waals surface area contributed by atoms with Gasteiger partial charge < -0.3 is 20.1 Å². The minimum absolute atomic E-state index is 0.160. The Bertz CT molecular complexity index is 555. The lowest BCUT2D eigenvalue weighted by atomic mass is 9.91. The van der Waals surface area contributed by atoms with Gasteiger partial charge in [0.1, 0.15) is 5.75 Å². The van der Waals surface area contributed by atoms with E-state index in [2.05, 4.69) is 5.32 Å². The van der Waals surface area contributed by atoms with Gasteiger partial charge in [-0.05, 0) is 19.1 Å². The summed E-state index contributed by atoms with van der Waals surface area (Å²) >= 11 is 0. The molecule has 2 rings (SSSR count). The average molecular weight is 332 g/mol. The van der Waals surface area contributed by atoms with Crippen LogP contribution >= 0.6 is 0 Å². The normalized spacial score (nSPS) is 17.7. The van der Waals surface area contributed by atoms with Crippen molar-refractivity contribution in [2.24, 2.45) is 0 Å². The largest absolute Gasteiger partial charge is 0.494 e. The van der Waals surface area contributed by atoms with Crippen LogP contribution in [0.1, 0.15) is 19.8 Å². The van der Waals surface area contributed by atoms with Crippen LogP contribution in [0.3, 0.4) is 0 Å². The highest BCUT2D eigenvalue weighted by Gasteiger charge is 2.54. The van der Waals surface area contributed by atoms with Gasteiger partial charge in [0, 0.05) is 37.7 Å². The van der Waals surface area contributed by atoms with Gasteiger partial charge in [0.25, 0.3) is 0 Å². The van der Waals surface area contributed by atoms with Gasteiger partial charge in [-0.1, -0.05) is 6.07 Å². The molecular formula is C15H19F3N2O3. The first-order valence-electron chi connectivity index (χ1n) is 7.33. The SMILES string of the molecule is CCOc1cccc(NC(=O)N2CCC(O)(C(F)(F)F)CC2)c1. The van der Waals surface area contributed by atoms with Crippen molar-refractivity contribution < 1.29 is 27.8 Å². The molecule has 0 unspecified atom stereocenters. The summed E-state index contributed by atoms with van der Waals surface area (Å²) in [4.78, 5) is 13.4. The number of ether oxygens (including phenoxy) is 1. The van der Waals surface area contributed by atoms with E-state index in [0.29, 0.717) is 18.0 Å². The zero-order valence-electron chi connectivity index (χ0n) is 12.7. The number of hydrogen-bond acceptors (Lipinski definition) is 3. The van der Waals surface area contributed by atoms with Crippen molar-refractivity contribution in [2.75, 3.05) is 25.0 Å². The molecule has 23 heavy (non-hydrogen) atoms. The number of urea groups is 1. The van der Waals surface area contributed by atoms with Gasteiger partial charge in [-0.3, -0.25) is 0 Å². The minimum atomic E-state index is -4.68. The molecule has 0 radical (unpaired) electrons. The van der Waals surface area contributed by atoms with Crippen molar-refractivity contribution in [1.29, 1.82) is 0 Å². The van der Waals surface area contributed by atoms with Gasteiger partial charge >= 0.3 is 12.2 Å². The molecule has 0 spiro atoms. The molecule has 1 aromatic rings. The van der Waals surface area contributed by atoms with Crippen molar-refractivity contribution in [1.82, 2.24) is 4.90 Å². The predicted octanol–water partition coefficient (Wildman–Crippen LogP) is 3.01. The number of aliphatic hydroxyl groups is 1. The first-order valence-corrected chi connectivity index (χ1v) is 7.33. The monoisotopic (exact) mass is 332 g/mol. The summed E-state index contributed by atoms with van der Waals surface area (Å²) in [7, 11) is 0. The third-order valence-corrected chi connectivity index (χ3v) is 3.80. The zero-order chi connectivity index (χ0) is 17.1. The van der Waals surface area contributed by atoms with E-state index in [1.54, 1.807) is 24.3 Å². The number of benzene rings is 1. The summed E-state index contributed by atoms with van der Waals surface area (Å²) < 4.78 is 43.5. The molecule has 0 aromatic heterocycles. The summed E-state index contributed by atoms with van der Waals surface area (Å²) in [6.45, 7) is 2.00. The third-order valence-electron chi connectivity index (χ3n) is 3.80. The third kappa shape index (κ3) is 4.07. The second-order valence-electron chi connectivity index (χ2n) is 5.41. The second kappa shape index (κ2) is 6.66. The molecule has 128 valence electrons. The van der Waals surface area contributed by atoms with Crippen LogP contribution in [0, 0.1) is 0 Å². The maximum atomic E-state index is 12.7.